The number of pyridine rings is 1. The summed E-state index contributed by atoms with van der Waals surface area (Å²) in [5.41, 5.74) is 17.5. The number of amidine groups is 1. The van der Waals surface area contributed by atoms with E-state index in [4.69, 9.17) is 9.98 Å². The van der Waals surface area contributed by atoms with Crippen LogP contribution >= 0.6 is 0 Å². The van der Waals surface area contributed by atoms with Gasteiger partial charge in [0.2, 0.25) is 0 Å². The molecule has 0 amide bonds. The lowest BCUT2D eigenvalue weighted by molar-refractivity contribution is 0.467. The number of nitrogens with zero attached hydrogens (tertiary/aromatic N) is 2. The summed E-state index contributed by atoms with van der Waals surface area (Å²) < 4.78 is 0. The summed E-state index contributed by atoms with van der Waals surface area (Å²) in [4.78, 5) is 11.0. The molecule has 3 atom stereocenters. The zero-order valence-corrected chi connectivity index (χ0v) is 35.1. The van der Waals surface area contributed by atoms with Crippen molar-refractivity contribution in [2.45, 2.75) is 38.1 Å². The van der Waals surface area contributed by atoms with Gasteiger partial charge in [0.05, 0.1) is 28.9 Å². The SMILES string of the molecule is CC1(C)c2ccccc2-c2nc3c(ccc4ccccc43)c(-c3ccc(C4=C5C=CC=CC5(C)C(C5=NC(c6ccccc6)=CC(c6ccccc6)N5)c5ccccc54)cc3)c21. The molecule has 0 saturated heterocycles. The third-order valence-electron chi connectivity index (χ3n) is 14.0. The Bertz CT molecular complexity index is 3290. The number of aliphatic imine (C=N–C) groups is 1. The molecule has 0 fully saturated rings. The van der Waals surface area contributed by atoms with Gasteiger partial charge in [-0.15, -0.1) is 0 Å². The third-order valence-corrected chi connectivity index (χ3v) is 14.0. The Morgan fingerprint density at radius 1 is 0.581 bits per heavy atom. The summed E-state index contributed by atoms with van der Waals surface area (Å²) in [6, 6.07) is 61.8. The van der Waals surface area contributed by atoms with Crippen LogP contribution < -0.4 is 5.32 Å². The fourth-order valence-electron chi connectivity index (χ4n) is 11.1. The summed E-state index contributed by atoms with van der Waals surface area (Å²) in [6.07, 6.45) is 11.4. The van der Waals surface area contributed by atoms with E-state index < -0.39 is 0 Å². The fourth-order valence-corrected chi connectivity index (χ4v) is 11.1. The Hall–Kier alpha value is -7.36. The number of rotatable bonds is 5. The van der Waals surface area contributed by atoms with E-state index in [-0.39, 0.29) is 22.8 Å². The van der Waals surface area contributed by atoms with Crippen LogP contribution in [-0.4, -0.2) is 10.8 Å². The highest BCUT2D eigenvalue weighted by molar-refractivity contribution is 6.13. The van der Waals surface area contributed by atoms with Crippen molar-refractivity contribution in [1.82, 2.24) is 10.3 Å². The molecule has 4 aliphatic rings. The number of benzene rings is 7. The van der Waals surface area contributed by atoms with Gasteiger partial charge in [0, 0.05) is 27.2 Å². The molecule has 12 rings (SSSR count). The Kier molecular flexibility index (Phi) is 8.14. The van der Waals surface area contributed by atoms with Gasteiger partial charge in [-0.1, -0.05) is 215 Å². The number of aromatic nitrogens is 1. The second kappa shape index (κ2) is 13.8. The van der Waals surface area contributed by atoms with Crippen LogP contribution in [0.1, 0.15) is 71.7 Å². The van der Waals surface area contributed by atoms with E-state index >= 15 is 0 Å². The number of hydrogen-bond donors (Lipinski definition) is 1. The predicted molar refractivity (Wildman–Crippen MR) is 258 cm³/mol. The van der Waals surface area contributed by atoms with Crippen molar-refractivity contribution in [3.8, 4) is 22.4 Å². The standard InChI is InChI=1S/C59H45N3/c1-58(2)47-27-15-14-26-45(47)56-54(58)52(46-34-33-37-18-10-11-23-42(37)55(46)62-56)41-31-29-40(30-32-41)51-43-24-12-13-25-44(43)53(59(3)35-17-16-28-48(51)59)57-60-49(38-19-6-4-7-20-38)36-50(61-57)39-21-8-5-9-22-39/h4-36,49,53H,1-3H3,(H,60,61). The Morgan fingerprint density at radius 2 is 1.27 bits per heavy atom. The monoisotopic (exact) mass is 795 g/mol. The van der Waals surface area contributed by atoms with Gasteiger partial charge in [0.25, 0.3) is 0 Å². The second-order valence-electron chi connectivity index (χ2n) is 17.9. The molecule has 3 heteroatoms. The molecular weight excluding hydrogens is 751 g/mol. The topological polar surface area (TPSA) is 37.3 Å². The van der Waals surface area contributed by atoms with Gasteiger partial charge < -0.3 is 5.32 Å². The number of allylic oxidation sites excluding steroid dienone is 5. The van der Waals surface area contributed by atoms with Crippen LogP contribution in [0.5, 0.6) is 0 Å². The average molecular weight is 796 g/mol. The molecule has 3 unspecified atom stereocenters. The lowest BCUT2D eigenvalue weighted by Crippen LogP contribution is -2.44. The van der Waals surface area contributed by atoms with Crippen molar-refractivity contribution in [3.63, 3.8) is 0 Å². The van der Waals surface area contributed by atoms with E-state index in [0.29, 0.717) is 0 Å². The minimum Gasteiger partial charge on any atom is -0.363 e. The van der Waals surface area contributed by atoms with E-state index in [1.807, 2.05) is 0 Å². The predicted octanol–water partition coefficient (Wildman–Crippen LogP) is 14.2. The van der Waals surface area contributed by atoms with Gasteiger partial charge in [-0.05, 0) is 72.7 Å². The van der Waals surface area contributed by atoms with Crippen LogP contribution in [0, 0.1) is 5.41 Å². The first kappa shape index (κ1) is 36.5. The smallest absolute Gasteiger partial charge is 0.112 e. The van der Waals surface area contributed by atoms with Gasteiger partial charge in [0.1, 0.15) is 5.84 Å². The van der Waals surface area contributed by atoms with Crippen LogP contribution in [-0.2, 0) is 5.41 Å². The maximum Gasteiger partial charge on any atom is 0.112 e. The van der Waals surface area contributed by atoms with Gasteiger partial charge >= 0.3 is 0 Å². The van der Waals surface area contributed by atoms with Crippen molar-refractivity contribution in [3.05, 3.63) is 245 Å². The van der Waals surface area contributed by atoms with E-state index in [1.54, 1.807) is 0 Å². The molecule has 2 heterocycles. The molecule has 1 aliphatic heterocycles. The number of nitrogens with one attached hydrogen (secondary N) is 1. The van der Waals surface area contributed by atoms with Crippen LogP contribution in [0.25, 0.3) is 55.3 Å². The molecule has 1 aromatic heterocycles. The molecule has 3 aliphatic carbocycles. The van der Waals surface area contributed by atoms with Crippen molar-refractivity contribution in [1.29, 1.82) is 0 Å². The van der Waals surface area contributed by atoms with Crippen LogP contribution in [0.4, 0.5) is 0 Å². The van der Waals surface area contributed by atoms with Gasteiger partial charge in [-0.25, -0.2) is 9.98 Å². The van der Waals surface area contributed by atoms with Crippen molar-refractivity contribution in [2.75, 3.05) is 0 Å². The molecule has 0 spiro atoms. The van der Waals surface area contributed by atoms with Crippen molar-refractivity contribution in [2.24, 2.45) is 10.4 Å². The van der Waals surface area contributed by atoms with Crippen molar-refractivity contribution < 1.29 is 0 Å². The maximum atomic E-state index is 5.53. The minimum atomic E-state index is -0.387. The largest absolute Gasteiger partial charge is 0.363 e. The molecule has 62 heavy (non-hydrogen) atoms. The normalized spacial score (nSPS) is 20.5. The summed E-state index contributed by atoms with van der Waals surface area (Å²) in [6.45, 7) is 7.12. The fraction of sp³-hybridized carbons (Fsp3) is 0.119. The zero-order chi connectivity index (χ0) is 41.6. The maximum absolute atomic E-state index is 5.53. The minimum absolute atomic E-state index is 0.0272. The van der Waals surface area contributed by atoms with Crippen molar-refractivity contribution >= 4 is 38.8 Å². The highest BCUT2D eigenvalue weighted by Crippen LogP contribution is 2.57. The Balaban J connectivity index is 1.03. The number of fused-ring (bicyclic) bond motifs is 8. The number of hydrogen-bond acceptors (Lipinski definition) is 3. The lowest BCUT2D eigenvalue weighted by Gasteiger charge is -2.46. The van der Waals surface area contributed by atoms with Gasteiger partial charge in [-0.2, -0.15) is 0 Å². The van der Waals surface area contributed by atoms with Crippen LogP contribution in [0.3, 0.4) is 0 Å². The average Bonchev–Trinajstić information content (AvgIpc) is 3.55. The summed E-state index contributed by atoms with van der Waals surface area (Å²) in [5.74, 6) is 0.928. The highest BCUT2D eigenvalue weighted by atomic mass is 15.1. The lowest BCUT2D eigenvalue weighted by atomic mass is 9.59. The molecule has 3 nitrogen and oxygen atoms in total. The van der Waals surface area contributed by atoms with Gasteiger partial charge in [0.15, 0.2) is 0 Å². The molecule has 0 saturated carbocycles. The highest BCUT2D eigenvalue weighted by Gasteiger charge is 2.47. The van der Waals surface area contributed by atoms with Gasteiger partial charge in [-0.3, -0.25) is 0 Å². The van der Waals surface area contributed by atoms with E-state index in [0.717, 1.165) is 28.3 Å². The Morgan fingerprint density at radius 3 is 2.10 bits per heavy atom. The molecule has 0 radical (unpaired) electrons. The van der Waals surface area contributed by atoms with E-state index in [1.165, 1.54) is 77.4 Å². The van der Waals surface area contributed by atoms with E-state index in [2.05, 4.69) is 226 Å². The summed E-state index contributed by atoms with van der Waals surface area (Å²) in [7, 11) is 0. The molecule has 8 aromatic rings. The summed E-state index contributed by atoms with van der Waals surface area (Å²) in [5, 5.41) is 7.54. The molecule has 296 valence electrons. The zero-order valence-electron chi connectivity index (χ0n) is 35.1. The first-order chi connectivity index (χ1) is 30.4. The Labute approximate surface area is 363 Å². The molecular formula is C59H45N3. The molecule has 1 N–H and O–H groups in total. The first-order valence-electron chi connectivity index (χ1n) is 21.8. The quantitative estimate of drug-likeness (QED) is 0.176. The summed E-state index contributed by atoms with van der Waals surface area (Å²) >= 11 is 0. The second-order valence-corrected chi connectivity index (χ2v) is 17.9. The van der Waals surface area contributed by atoms with Crippen LogP contribution in [0.2, 0.25) is 0 Å². The van der Waals surface area contributed by atoms with Crippen LogP contribution in [0.15, 0.2) is 211 Å². The molecule has 0 bridgehead atoms. The first-order valence-corrected chi connectivity index (χ1v) is 21.8. The third kappa shape index (κ3) is 5.44. The molecule has 7 aromatic carbocycles. The van der Waals surface area contributed by atoms with E-state index in [9.17, 15) is 0 Å².